The number of ether oxygens (including phenoxy) is 2. The summed E-state index contributed by atoms with van der Waals surface area (Å²) in [6.45, 7) is 0. The van der Waals surface area contributed by atoms with Crippen LogP contribution in [0.15, 0.2) is 24.4 Å². The van der Waals surface area contributed by atoms with E-state index in [2.05, 4.69) is 9.97 Å². The van der Waals surface area contributed by atoms with Crippen molar-refractivity contribution in [1.82, 2.24) is 9.97 Å². The number of nitrogens with two attached hydrogens (primary N) is 1. The van der Waals surface area contributed by atoms with Gasteiger partial charge in [-0.3, -0.25) is 0 Å². The molecule has 0 saturated heterocycles. The van der Waals surface area contributed by atoms with Crippen LogP contribution in [0.25, 0.3) is 11.3 Å². The van der Waals surface area contributed by atoms with Gasteiger partial charge < -0.3 is 15.2 Å². The lowest BCUT2D eigenvalue weighted by Gasteiger charge is -2.09. The fourth-order valence-corrected chi connectivity index (χ4v) is 1.51. The SMILES string of the molecule is COc1ncc(-c2cc(F)ccc2N)nc1OC. The molecule has 0 bridgehead atoms. The fraction of sp³-hybridized carbons (Fsp3) is 0.167. The van der Waals surface area contributed by atoms with Crippen LogP contribution in [0.3, 0.4) is 0 Å². The van der Waals surface area contributed by atoms with Gasteiger partial charge in [-0.2, -0.15) is 0 Å². The topological polar surface area (TPSA) is 70.3 Å². The first-order chi connectivity index (χ1) is 8.65. The first-order valence-corrected chi connectivity index (χ1v) is 5.16. The Morgan fingerprint density at radius 3 is 2.56 bits per heavy atom. The van der Waals surface area contributed by atoms with Gasteiger partial charge in [0.1, 0.15) is 5.82 Å². The highest BCUT2D eigenvalue weighted by atomic mass is 19.1. The van der Waals surface area contributed by atoms with Crippen molar-refractivity contribution in [2.45, 2.75) is 0 Å². The highest BCUT2D eigenvalue weighted by Crippen LogP contribution is 2.29. The Balaban J connectivity index is 2.54. The predicted octanol–water partition coefficient (Wildman–Crippen LogP) is 1.88. The molecule has 5 nitrogen and oxygen atoms in total. The smallest absolute Gasteiger partial charge is 0.278 e. The summed E-state index contributed by atoms with van der Waals surface area (Å²) in [5.41, 5.74) is 7.07. The van der Waals surface area contributed by atoms with Crippen LogP contribution in [-0.4, -0.2) is 24.2 Å². The van der Waals surface area contributed by atoms with E-state index in [9.17, 15) is 4.39 Å². The van der Waals surface area contributed by atoms with Crippen LogP contribution in [0.1, 0.15) is 0 Å². The molecule has 2 N–H and O–H groups in total. The van der Waals surface area contributed by atoms with Gasteiger partial charge in [0.15, 0.2) is 0 Å². The minimum absolute atomic E-state index is 0.221. The van der Waals surface area contributed by atoms with E-state index in [0.29, 0.717) is 16.9 Å². The molecule has 0 amide bonds. The quantitative estimate of drug-likeness (QED) is 0.841. The van der Waals surface area contributed by atoms with Gasteiger partial charge >= 0.3 is 0 Å². The maximum absolute atomic E-state index is 13.2. The molecule has 0 atom stereocenters. The molecule has 18 heavy (non-hydrogen) atoms. The largest absolute Gasteiger partial charge is 0.477 e. The van der Waals surface area contributed by atoms with E-state index in [1.807, 2.05) is 0 Å². The van der Waals surface area contributed by atoms with Crippen LogP contribution < -0.4 is 15.2 Å². The van der Waals surface area contributed by atoms with Crippen LogP contribution in [0.5, 0.6) is 11.8 Å². The number of nitrogens with zero attached hydrogens (tertiary/aromatic N) is 2. The molecule has 0 aliphatic heterocycles. The highest BCUT2D eigenvalue weighted by molar-refractivity contribution is 5.73. The van der Waals surface area contributed by atoms with Crippen molar-refractivity contribution < 1.29 is 13.9 Å². The van der Waals surface area contributed by atoms with Gasteiger partial charge in [-0.1, -0.05) is 0 Å². The third kappa shape index (κ3) is 2.17. The summed E-state index contributed by atoms with van der Waals surface area (Å²) in [4.78, 5) is 8.21. The second kappa shape index (κ2) is 4.87. The molecular weight excluding hydrogens is 237 g/mol. The number of aromatic nitrogens is 2. The predicted molar refractivity (Wildman–Crippen MR) is 64.9 cm³/mol. The molecule has 0 saturated carbocycles. The van der Waals surface area contributed by atoms with Gasteiger partial charge in [-0.25, -0.2) is 14.4 Å². The minimum Gasteiger partial charge on any atom is -0.477 e. The van der Waals surface area contributed by atoms with Gasteiger partial charge in [0.05, 0.1) is 26.1 Å². The number of anilines is 1. The molecule has 94 valence electrons. The summed E-state index contributed by atoms with van der Waals surface area (Å²) in [6.07, 6.45) is 1.45. The second-order valence-corrected chi connectivity index (χ2v) is 3.51. The lowest BCUT2D eigenvalue weighted by Crippen LogP contribution is -1.99. The molecule has 6 heteroatoms. The van der Waals surface area contributed by atoms with Crippen molar-refractivity contribution >= 4 is 5.69 Å². The first-order valence-electron chi connectivity index (χ1n) is 5.16. The van der Waals surface area contributed by atoms with E-state index in [0.717, 1.165) is 0 Å². The molecule has 0 aliphatic carbocycles. The molecule has 0 spiro atoms. The molecule has 0 unspecified atom stereocenters. The zero-order valence-electron chi connectivity index (χ0n) is 9.98. The number of rotatable bonds is 3. The normalized spacial score (nSPS) is 10.2. The molecule has 1 heterocycles. The van der Waals surface area contributed by atoms with Gasteiger partial charge in [-0.15, -0.1) is 0 Å². The van der Waals surface area contributed by atoms with Crippen LogP contribution in [-0.2, 0) is 0 Å². The number of nitrogen functional groups attached to an aromatic ring is 1. The van der Waals surface area contributed by atoms with Crippen LogP contribution >= 0.6 is 0 Å². The van der Waals surface area contributed by atoms with Crippen molar-refractivity contribution in [3.8, 4) is 23.0 Å². The molecule has 0 aliphatic rings. The molecule has 0 fully saturated rings. The van der Waals surface area contributed by atoms with Crippen molar-refractivity contribution in [2.75, 3.05) is 20.0 Å². The van der Waals surface area contributed by atoms with E-state index in [1.54, 1.807) is 0 Å². The van der Waals surface area contributed by atoms with Crippen molar-refractivity contribution in [2.24, 2.45) is 0 Å². The molecule has 1 aromatic carbocycles. The van der Waals surface area contributed by atoms with E-state index < -0.39 is 5.82 Å². The molecule has 1 aromatic heterocycles. The van der Waals surface area contributed by atoms with Crippen LogP contribution in [0, 0.1) is 5.82 Å². The lowest BCUT2D eigenvalue weighted by molar-refractivity contribution is 0.332. The highest BCUT2D eigenvalue weighted by Gasteiger charge is 2.12. The molecular formula is C12H12FN3O2. The van der Waals surface area contributed by atoms with Gasteiger partial charge in [-0.05, 0) is 18.2 Å². The van der Waals surface area contributed by atoms with Crippen molar-refractivity contribution in [1.29, 1.82) is 0 Å². The summed E-state index contributed by atoms with van der Waals surface area (Å²) >= 11 is 0. The first kappa shape index (κ1) is 12.1. The summed E-state index contributed by atoms with van der Waals surface area (Å²) in [5, 5.41) is 0. The standard InChI is InChI=1S/C12H12FN3O2/c1-17-11-12(18-2)16-10(6-15-11)8-5-7(13)3-4-9(8)14/h3-6H,14H2,1-2H3. The Morgan fingerprint density at radius 1 is 1.17 bits per heavy atom. The molecule has 0 radical (unpaired) electrons. The average molecular weight is 249 g/mol. The van der Waals surface area contributed by atoms with Gasteiger partial charge in [0.25, 0.3) is 11.8 Å². The number of hydrogen-bond donors (Lipinski definition) is 1. The summed E-state index contributed by atoms with van der Waals surface area (Å²) in [6, 6.07) is 4.06. The Labute approximate surface area is 103 Å². The lowest BCUT2D eigenvalue weighted by atomic mass is 10.1. The zero-order chi connectivity index (χ0) is 13.1. The van der Waals surface area contributed by atoms with E-state index >= 15 is 0 Å². The fourth-order valence-electron chi connectivity index (χ4n) is 1.51. The number of halogens is 1. The maximum atomic E-state index is 13.2. The van der Waals surface area contributed by atoms with E-state index in [4.69, 9.17) is 15.2 Å². The Hall–Kier alpha value is -2.37. The van der Waals surface area contributed by atoms with Crippen LogP contribution in [0.4, 0.5) is 10.1 Å². The third-order valence-electron chi connectivity index (χ3n) is 2.39. The number of methoxy groups -OCH3 is 2. The van der Waals surface area contributed by atoms with Crippen molar-refractivity contribution in [3.63, 3.8) is 0 Å². The van der Waals surface area contributed by atoms with Gasteiger partial charge in [0, 0.05) is 11.3 Å². The molecule has 2 rings (SSSR count). The Kier molecular flexibility index (Phi) is 3.27. The summed E-state index contributed by atoms with van der Waals surface area (Å²) in [7, 11) is 2.91. The maximum Gasteiger partial charge on any atom is 0.278 e. The average Bonchev–Trinajstić information content (AvgIpc) is 2.40. The van der Waals surface area contributed by atoms with E-state index in [1.165, 1.54) is 38.6 Å². The Morgan fingerprint density at radius 2 is 1.89 bits per heavy atom. The minimum atomic E-state index is -0.393. The second-order valence-electron chi connectivity index (χ2n) is 3.51. The summed E-state index contributed by atoms with van der Waals surface area (Å²) in [5.74, 6) is 0.0886. The monoisotopic (exact) mass is 249 g/mol. The van der Waals surface area contributed by atoms with E-state index in [-0.39, 0.29) is 11.8 Å². The number of hydrogen-bond acceptors (Lipinski definition) is 5. The van der Waals surface area contributed by atoms with Crippen molar-refractivity contribution in [3.05, 3.63) is 30.2 Å². The number of benzene rings is 1. The molecule has 2 aromatic rings. The summed E-state index contributed by atoms with van der Waals surface area (Å²) < 4.78 is 23.2. The van der Waals surface area contributed by atoms with Gasteiger partial charge in [0.2, 0.25) is 0 Å². The zero-order valence-corrected chi connectivity index (χ0v) is 9.98. The Bertz CT molecular complexity index is 575. The van der Waals surface area contributed by atoms with Crippen LogP contribution in [0.2, 0.25) is 0 Å². The third-order valence-corrected chi connectivity index (χ3v) is 2.39.